The molecule has 0 aromatic heterocycles. The van der Waals surface area contributed by atoms with Crippen molar-refractivity contribution in [2.24, 2.45) is 0 Å². The molecule has 1 aliphatic heterocycles. The van der Waals surface area contributed by atoms with Gasteiger partial charge in [-0.3, -0.25) is 0 Å². The zero-order valence-electron chi connectivity index (χ0n) is 13.8. The van der Waals surface area contributed by atoms with Crippen LogP contribution in [0, 0.1) is 6.92 Å². The summed E-state index contributed by atoms with van der Waals surface area (Å²) in [5, 5.41) is -0.0191. The molecule has 22 heavy (non-hydrogen) atoms. The Hall–Kier alpha value is -1.05. The molecule has 0 radical (unpaired) electrons. The Bertz CT molecular complexity index is 575. The highest BCUT2D eigenvalue weighted by atomic mass is 28.4. The largest absolute Gasteiger partial charge is 0.543 e. The van der Waals surface area contributed by atoms with Crippen LogP contribution in [-0.2, 0) is 5.66 Å². The number of halogens is 3. The third kappa shape index (κ3) is 3.02. The van der Waals surface area contributed by atoms with Crippen LogP contribution in [0.25, 0.3) is 0 Å². The van der Waals surface area contributed by atoms with E-state index in [1.165, 1.54) is 12.1 Å². The van der Waals surface area contributed by atoms with Crippen LogP contribution < -0.4 is 15.3 Å². The number of aryl methyl sites for hydroxylation is 1. The predicted octanol–water partition coefficient (Wildman–Crippen LogP) is 4.20. The molecule has 0 aliphatic carbocycles. The van der Waals surface area contributed by atoms with Gasteiger partial charge in [0.25, 0.3) is 0 Å². The fourth-order valence-corrected chi connectivity index (χ4v) is 3.00. The van der Waals surface area contributed by atoms with Crippen LogP contribution in [0.1, 0.15) is 31.9 Å². The van der Waals surface area contributed by atoms with Gasteiger partial charge in [0, 0.05) is 5.56 Å². The molecular weight excluding hydrogens is 309 g/mol. The molecule has 0 bridgehead atoms. The van der Waals surface area contributed by atoms with E-state index in [9.17, 15) is 13.2 Å². The Morgan fingerprint density at radius 2 is 1.59 bits per heavy atom. The maximum Gasteiger partial charge on any atom is 0.426 e. The van der Waals surface area contributed by atoms with Crippen molar-refractivity contribution in [2.45, 2.75) is 57.7 Å². The molecule has 0 spiro atoms. The highest BCUT2D eigenvalue weighted by molar-refractivity contribution is 6.74. The molecule has 2 rings (SSSR count). The van der Waals surface area contributed by atoms with Crippen LogP contribution >= 0.6 is 0 Å². The fraction of sp³-hybridized carbons (Fsp3) is 0.600. The summed E-state index contributed by atoms with van der Waals surface area (Å²) >= 11 is 0. The third-order valence-electron chi connectivity index (χ3n) is 4.46. The number of alkyl halides is 3. The standard InChI is InChI=1S/C15H23F3N2OSi/c1-10-7-11(14(19-20-14)15(16,17)18)9-12(8-10)21-22(5,6)13(2,3)4/h7-9,19-20H,1-6H3. The normalized spacial score (nSPS) is 18.2. The van der Waals surface area contributed by atoms with Crippen molar-refractivity contribution in [3.63, 3.8) is 0 Å². The zero-order valence-corrected chi connectivity index (χ0v) is 14.8. The zero-order chi connectivity index (χ0) is 17.0. The van der Waals surface area contributed by atoms with Gasteiger partial charge in [0.2, 0.25) is 14.0 Å². The van der Waals surface area contributed by atoms with Gasteiger partial charge in [-0.1, -0.05) is 26.8 Å². The highest BCUT2D eigenvalue weighted by Crippen LogP contribution is 2.44. The van der Waals surface area contributed by atoms with Gasteiger partial charge in [-0.2, -0.15) is 13.2 Å². The van der Waals surface area contributed by atoms with E-state index in [1.807, 2.05) is 0 Å². The second-order valence-electron chi connectivity index (χ2n) is 7.39. The summed E-state index contributed by atoms with van der Waals surface area (Å²) < 4.78 is 45.8. The van der Waals surface area contributed by atoms with Crippen LogP contribution in [0.3, 0.4) is 0 Å². The van der Waals surface area contributed by atoms with Crippen LogP contribution in [0.2, 0.25) is 18.1 Å². The summed E-state index contributed by atoms with van der Waals surface area (Å²) in [5.41, 5.74) is 3.19. The molecule has 1 aromatic rings. The molecule has 7 heteroatoms. The average molecular weight is 332 g/mol. The summed E-state index contributed by atoms with van der Waals surface area (Å²) in [5.74, 6) is 0.501. The highest BCUT2D eigenvalue weighted by Gasteiger charge is 2.65. The van der Waals surface area contributed by atoms with Crippen molar-refractivity contribution >= 4 is 8.32 Å². The number of hydrazine groups is 1. The van der Waals surface area contributed by atoms with Gasteiger partial charge in [0.1, 0.15) is 5.75 Å². The SMILES string of the molecule is Cc1cc(O[Si](C)(C)C(C)(C)C)cc(C2(C(F)(F)F)NN2)c1. The van der Waals surface area contributed by atoms with Gasteiger partial charge in [-0.15, -0.1) is 0 Å². The lowest BCUT2D eigenvalue weighted by atomic mass is 10.0. The monoisotopic (exact) mass is 332 g/mol. The first-order valence-corrected chi connectivity index (χ1v) is 10.1. The number of nitrogens with one attached hydrogen (secondary N) is 2. The minimum absolute atomic E-state index is 0.0191. The molecular formula is C15H23F3N2OSi. The van der Waals surface area contributed by atoms with Gasteiger partial charge in [0.05, 0.1) is 0 Å². The summed E-state index contributed by atoms with van der Waals surface area (Å²) in [4.78, 5) is 0. The molecule has 0 atom stereocenters. The molecule has 1 aliphatic rings. The lowest BCUT2D eigenvalue weighted by molar-refractivity contribution is -0.165. The molecule has 1 saturated heterocycles. The van der Waals surface area contributed by atoms with Crippen molar-refractivity contribution in [3.8, 4) is 5.75 Å². The average Bonchev–Trinajstić information content (AvgIpc) is 3.05. The van der Waals surface area contributed by atoms with Crippen LogP contribution in [-0.4, -0.2) is 14.5 Å². The molecule has 0 amide bonds. The lowest BCUT2D eigenvalue weighted by Gasteiger charge is -2.36. The van der Waals surface area contributed by atoms with Crippen molar-refractivity contribution < 1.29 is 17.6 Å². The molecule has 0 unspecified atom stereocenters. The Morgan fingerprint density at radius 1 is 1.05 bits per heavy atom. The predicted molar refractivity (Wildman–Crippen MR) is 83.0 cm³/mol. The van der Waals surface area contributed by atoms with Crippen molar-refractivity contribution in [1.82, 2.24) is 10.9 Å². The van der Waals surface area contributed by atoms with E-state index in [1.54, 1.807) is 13.0 Å². The smallest absolute Gasteiger partial charge is 0.426 e. The van der Waals surface area contributed by atoms with E-state index < -0.39 is 20.2 Å². The van der Waals surface area contributed by atoms with Gasteiger partial charge < -0.3 is 4.43 Å². The summed E-state index contributed by atoms with van der Waals surface area (Å²) in [6, 6.07) is 4.80. The van der Waals surface area contributed by atoms with E-state index >= 15 is 0 Å². The number of benzene rings is 1. The third-order valence-corrected chi connectivity index (χ3v) is 8.82. The number of rotatable bonds is 3. The van der Waals surface area contributed by atoms with Gasteiger partial charge in [-0.25, -0.2) is 10.9 Å². The first-order chi connectivity index (χ1) is 9.78. The first kappa shape index (κ1) is 17.3. The molecule has 0 saturated carbocycles. The van der Waals surface area contributed by atoms with Gasteiger partial charge in [0.15, 0.2) is 0 Å². The Labute approximate surface area is 130 Å². The summed E-state index contributed by atoms with van der Waals surface area (Å²) in [7, 11) is -2.10. The Balaban J connectivity index is 2.37. The van der Waals surface area contributed by atoms with Crippen LogP contribution in [0.15, 0.2) is 18.2 Å². The van der Waals surface area contributed by atoms with Gasteiger partial charge >= 0.3 is 6.18 Å². The van der Waals surface area contributed by atoms with E-state index in [0.29, 0.717) is 5.75 Å². The Morgan fingerprint density at radius 3 is 2.00 bits per heavy atom. The number of hydrogen-bond donors (Lipinski definition) is 2. The summed E-state index contributed by atoms with van der Waals surface area (Å²) in [6.45, 7) is 12.2. The second kappa shape index (κ2) is 4.97. The van der Waals surface area contributed by atoms with Crippen LogP contribution in [0.5, 0.6) is 5.75 Å². The van der Waals surface area contributed by atoms with Crippen molar-refractivity contribution in [3.05, 3.63) is 29.3 Å². The quantitative estimate of drug-likeness (QED) is 0.644. The molecule has 1 heterocycles. The van der Waals surface area contributed by atoms with Crippen molar-refractivity contribution in [1.29, 1.82) is 0 Å². The summed E-state index contributed by atoms with van der Waals surface area (Å²) in [6.07, 6.45) is -4.41. The van der Waals surface area contributed by atoms with Crippen LogP contribution in [0.4, 0.5) is 13.2 Å². The van der Waals surface area contributed by atoms with E-state index in [0.717, 1.165) is 5.56 Å². The molecule has 2 N–H and O–H groups in total. The fourth-order valence-electron chi connectivity index (χ4n) is 1.98. The minimum atomic E-state index is -4.41. The van der Waals surface area contributed by atoms with E-state index in [2.05, 4.69) is 44.7 Å². The lowest BCUT2D eigenvalue weighted by Crippen LogP contribution is -2.44. The minimum Gasteiger partial charge on any atom is -0.543 e. The first-order valence-electron chi connectivity index (χ1n) is 7.21. The van der Waals surface area contributed by atoms with Crippen molar-refractivity contribution in [2.75, 3.05) is 0 Å². The topological polar surface area (TPSA) is 53.1 Å². The van der Waals surface area contributed by atoms with Gasteiger partial charge in [-0.05, 0) is 42.8 Å². The van der Waals surface area contributed by atoms with E-state index in [4.69, 9.17) is 4.43 Å². The molecule has 3 nitrogen and oxygen atoms in total. The number of hydrogen-bond acceptors (Lipinski definition) is 3. The maximum atomic E-state index is 13.2. The Kier molecular flexibility index (Phi) is 3.91. The second-order valence-corrected chi connectivity index (χ2v) is 12.1. The van der Waals surface area contributed by atoms with E-state index in [-0.39, 0.29) is 10.6 Å². The maximum absolute atomic E-state index is 13.2. The molecule has 124 valence electrons. The molecule has 1 fully saturated rings. The molecule has 1 aromatic carbocycles.